The van der Waals surface area contributed by atoms with Crippen molar-refractivity contribution < 1.29 is 9.18 Å². The van der Waals surface area contributed by atoms with Crippen LogP contribution >= 0.6 is 0 Å². The lowest BCUT2D eigenvalue weighted by molar-refractivity contribution is 0.0640. The predicted octanol–water partition coefficient (Wildman–Crippen LogP) is 1.61. The monoisotopic (exact) mass is 259 g/mol. The Hall–Kier alpha value is -1.86. The summed E-state index contributed by atoms with van der Waals surface area (Å²) in [5.41, 5.74) is 0.540. The number of amides is 1. The molecule has 1 saturated heterocycles. The molecule has 0 aliphatic carbocycles. The van der Waals surface area contributed by atoms with Crippen LogP contribution in [0.3, 0.4) is 0 Å². The third-order valence-corrected chi connectivity index (χ3v) is 3.32. The summed E-state index contributed by atoms with van der Waals surface area (Å²) in [5.74, 6) is 2.27. The molecule has 1 amide bonds. The van der Waals surface area contributed by atoms with E-state index in [1.165, 1.54) is 24.3 Å². The maximum Gasteiger partial charge on any atom is 0.253 e. The zero-order valence-electron chi connectivity index (χ0n) is 10.8. The molecule has 0 aromatic heterocycles. The number of hydrogen-bond acceptors (Lipinski definition) is 2. The van der Waals surface area contributed by atoms with E-state index in [0.29, 0.717) is 18.7 Å². The molecule has 0 spiro atoms. The van der Waals surface area contributed by atoms with Gasteiger partial charge in [0.05, 0.1) is 0 Å². The Bertz CT molecular complexity index is 470. The highest BCUT2D eigenvalue weighted by atomic mass is 18.2. The SMILES string of the molecule is C#CCCN1CCN(C(=O)c2ccc([18F])cc2)CC1. The van der Waals surface area contributed by atoms with Crippen LogP contribution in [0.15, 0.2) is 24.3 Å². The molecule has 100 valence electrons. The molecule has 1 aliphatic rings. The zero-order chi connectivity index (χ0) is 13.7. The number of piperazine rings is 1. The quantitative estimate of drug-likeness (QED) is 0.770. The van der Waals surface area contributed by atoms with Crippen LogP contribution in [-0.4, -0.2) is 48.4 Å². The van der Waals surface area contributed by atoms with Gasteiger partial charge in [0.15, 0.2) is 0 Å². The first-order valence-corrected chi connectivity index (χ1v) is 6.41. The highest BCUT2D eigenvalue weighted by Gasteiger charge is 2.21. The zero-order valence-corrected chi connectivity index (χ0v) is 10.8. The van der Waals surface area contributed by atoms with Gasteiger partial charge in [-0.05, 0) is 24.3 Å². The van der Waals surface area contributed by atoms with Gasteiger partial charge in [0, 0.05) is 44.7 Å². The minimum absolute atomic E-state index is 0.0309. The summed E-state index contributed by atoms with van der Waals surface area (Å²) in [4.78, 5) is 16.2. The lowest BCUT2D eigenvalue weighted by Crippen LogP contribution is -2.48. The molecule has 0 atom stereocenters. The molecule has 1 aromatic rings. The van der Waals surface area contributed by atoms with Crippen molar-refractivity contribution in [1.29, 1.82) is 0 Å². The second-order valence-electron chi connectivity index (χ2n) is 4.59. The first-order valence-electron chi connectivity index (χ1n) is 6.41. The van der Waals surface area contributed by atoms with Crippen LogP contribution in [-0.2, 0) is 0 Å². The number of hydrogen-bond donors (Lipinski definition) is 0. The van der Waals surface area contributed by atoms with Gasteiger partial charge in [-0.15, -0.1) is 12.3 Å². The Morgan fingerprint density at radius 1 is 1.21 bits per heavy atom. The highest BCUT2D eigenvalue weighted by Crippen LogP contribution is 2.10. The van der Waals surface area contributed by atoms with Gasteiger partial charge in [-0.25, -0.2) is 4.39 Å². The fraction of sp³-hybridized carbons (Fsp3) is 0.400. The summed E-state index contributed by atoms with van der Waals surface area (Å²) in [6.07, 6.45) is 5.98. The average Bonchev–Trinajstić information content (AvgIpc) is 2.46. The van der Waals surface area contributed by atoms with Gasteiger partial charge in [-0.1, -0.05) is 0 Å². The number of terminal acetylenes is 1. The van der Waals surface area contributed by atoms with Crippen molar-refractivity contribution in [1.82, 2.24) is 9.80 Å². The Labute approximate surface area is 113 Å². The van der Waals surface area contributed by atoms with Gasteiger partial charge in [0.25, 0.3) is 5.91 Å². The summed E-state index contributed by atoms with van der Waals surface area (Å²) in [7, 11) is 0. The number of carbonyl (C=O) groups is 1. The van der Waals surface area contributed by atoms with E-state index < -0.39 is 0 Å². The summed E-state index contributed by atoms with van der Waals surface area (Å²) >= 11 is 0. The van der Waals surface area contributed by atoms with Crippen LogP contribution in [0.25, 0.3) is 0 Å². The lowest BCUT2D eigenvalue weighted by atomic mass is 10.1. The number of nitrogens with zero attached hydrogens (tertiary/aromatic N) is 2. The molecule has 0 bridgehead atoms. The van der Waals surface area contributed by atoms with Crippen LogP contribution in [0.2, 0.25) is 0 Å². The summed E-state index contributed by atoms with van der Waals surface area (Å²) in [5, 5.41) is 0. The number of rotatable bonds is 3. The molecule has 1 aromatic carbocycles. The molecule has 0 N–H and O–H groups in total. The van der Waals surface area contributed by atoms with Crippen LogP contribution < -0.4 is 0 Å². The van der Waals surface area contributed by atoms with E-state index in [9.17, 15) is 9.18 Å². The van der Waals surface area contributed by atoms with Crippen molar-refractivity contribution in [2.45, 2.75) is 6.42 Å². The van der Waals surface area contributed by atoms with E-state index in [1.54, 1.807) is 4.90 Å². The second kappa shape index (κ2) is 6.35. The number of halogens is 1. The molecule has 0 unspecified atom stereocenters. The molecule has 1 heterocycles. The topological polar surface area (TPSA) is 23.6 Å². The van der Waals surface area contributed by atoms with Crippen LogP contribution in [0.1, 0.15) is 16.8 Å². The molecule has 0 saturated carbocycles. The minimum atomic E-state index is -0.323. The van der Waals surface area contributed by atoms with E-state index in [0.717, 1.165) is 26.1 Å². The van der Waals surface area contributed by atoms with Crippen molar-refractivity contribution >= 4 is 5.91 Å². The van der Waals surface area contributed by atoms with Crippen molar-refractivity contribution in [2.75, 3.05) is 32.7 Å². The molecule has 0 radical (unpaired) electrons. The fourth-order valence-electron chi connectivity index (χ4n) is 2.17. The van der Waals surface area contributed by atoms with Crippen LogP contribution in [0.4, 0.5) is 4.39 Å². The number of carbonyl (C=O) groups excluding carboxylic acids is 1. The summed E-state index contributed by atoms with van der Waals surface area (Å²) in [6, 6.07) is 5.69. The largest absolute Gasteiger partial charge is 0.336 e. The average molecular weight is 259 g/mol. The van der Waals surface area contributed by atoms with E-state index in [-0.39, 0.29) is 11.7 Å². The smallest absolute Gasteiger partial charge is 0.253 e. The van der Waals surface area contributed by atoms with Crippen LogP contribution in [0, 0.1) is 18.2 Å². The van der Waals surface area contributed by atoms with Gasteiger partial charge in [-0.3, -0.25) is 9.69 Å². The molecular formula is C15H17FN2O. The Morgan fingerprint density at radius 3 is 2.42 bits per heavy atom. The second-order valence-corrected chi connectivity index (χ2v) is 4.59. The van der Waals surface area contributed by atoms with Crippen molar-refractivity contribution in [3.8, 4) is 12.3 Å². The van der Waals surface area contributed by atoms with Crippen molar-refractivity contribution in [3.63, 3.8) is 0 Å². The fourth-order valence-corrected chi connectivity index (χ4v) is 2.17. The van der Waals surface area contributed by atoms with Gasteiger partial charge in [-0.2, -0.15) is 0 Å². The first-order chi connectivity index (χ1) is 9.20. The third-order valence-electron chi connectivity index (χ3n) is 3.32. The van der Waals surface area contributed by atoms with Gasteiger partial charge < -0.3 is 4.90 Å². The minimum Gasteiger partial charge on any atom is -0.336 e. The van der Waals surface area contributed by atoms with Gasteiger partial charge >= 0.3 is 0 Å². The Morgan fingerprint density at radius 2 is 1.84 bits per heavy atom. The molecule has 3 nitrogen and oxygen atoms in total. The standard InChI is InChI=1S/C15H17FN2O/c1-2-3-8-17-9-11-18(12-10-17)15(19)13-4-6-14(16)7-5-13/h1,4-7H,3,8-12H2/i16-1. The van der Waals surface area contributed by atoms with E-state index in [1.807, 2.05) is 0 Å². The lowest BCUT2D eigenvalue weighted by Gasteiger charge is -2.34. The molecular weight excluding hydrogens is 242 g/mol. The van der Waals surface area contributed by atoms with Crippen LogP contribution in [0.5, 0.6) is 0 Å². The maximum absolute atomic E-state index is 12.8. The van der Waals surface area contributed by atoms with Gasteiger partial charge in [0.1, 0.15) is 5.82 Å². The Kier molecular flexibility index (Phi) is 4.53. The van der Waals surface area contributed by atoms with E-state index >= 15 is 0 Å². The third kappa shape index (κ3) is 3.55. The Balaban J connectivity index is 1.89. The highest BCUT2D eigenvalue weighted by molar-refractivity contribution is 5.94. The number of benzene rings is 1. The molecule has 1 fully saturated rings. The van der Waals surface area contributed by atoms with E-state index in [2.05, 4.69) is 10.8 Å². The molecule has 2 rings (SSSR count). The predicted molar refractivity (Wildman–Crippen MR) is 72.2 cm³/mol. The maximum atomic E-state index is 12.8. The van der Waals surface area contributed by atoms with E-state index in [4.69, 9.17) is 6.42 Å². The summed E-state index contributed by atoms with van der Waals surface area (Å²) in [6.45, 7) is 3.96. The molecule has 19 heavy (non-hydrogen) atoms. The van der Waals surface area contributed by atoms with Crippen molar-refractivity contribution in [2.24, 2.45) is 0 Å². The molecule has 4 heteroatoms. The normalized spacial score (nSPS) is 16.1. The van der Waals surface area contributed by atoms with Gasteiger partial charge in [0.2, 0.25) is 0 Å². The van der Waals surface area contributed by atoms with Crippen molar-refractivity contribution in [3.05, 3.63) is 35.6 Å². The molecule has 1 aliphatic heterocycles. The summed E-state index contributed by atoms with van der Waals surface area (Å²) < 4.78 is 12.8. The first kappa shape index (κ1) is 13.6.